The van der Waals surface area contributed by atoms with Gasteiger partial charge in [-0.25, -0.2) is 4.79 Å². The zero-order valence-corrected chi connectivity index (χ0v) is 9.35. The van der Waals surface area contributed by atoms with E-state index in [1.807, 2.05) is 0 Å². The Kier molecular flexibility index (Phi) is 3.73. The quantitative estimate of drug-likeness (QED) is 0.478. The lowest BCUT2D eigenvalue weighted by molar-refractivity contribution is -0.386. The lowest BCUT2D eigenvalue weighted by Gasteiger charge is -2.03. The second-order valence-electron chi connectivity index (χ2n) is 2.50. The average molecular weight is 275 g/mol. The number of pyridine rings is 1. The van der Waals surface area contributed by atoms with E-state index in [0.717, 1.165) is 6.20 Å². The minimum absolute atomic E-state index is 0.0473. The highest BCUT2D eigenvalue weighted by Gasteiger charge is 2.20. The molecule has 1 aromatic rings. The van der Waals surface area contributed by atoms with E-state index in [1.54, 1.807) is 6.92 Å². The molecule has 0 aliphatic heterocycles. The van der Waals surface area contributed by atoms with Gasteiger partial charge in [-0.1, -0.05) is 0 Å². The van der Waals surface area contributed by atoms with Crippen molar-refractivity contribution in [3.8, 4) is 0 Å². The van der Waals surface area contributed by atoms with Crippen LogP contribution in [0.3, 0.4) is 0 Å². The third kappa shape index (κ3) is 2.50. The van der Waals surface area contributed by atoms with Gasteiger partial charge >= 0.3 is 11.7 Å². The molecule has 0 aliphatic rings. The van der Waals surface area contributed by atoms with Crippen LogP contribution >= 0.6 is 15.9 Å². The zero-order valence-electron chi connectivity index (χ0n) is 7.77. The van der Waals surface area contributed by atoms with Crippen molar-refractivity contribution in [3.63, 3.8) is 0 Å². The van der Waals surface area contributed by atoms with Gasteiger partial charge in [0.1, 0.15) is 10.7 Å². The summed E-state index contributed by atoms with van der Waals surface area (Å²) in [4.78, 5) is 24.8. The molecule has 80 valence electrons. The maximum absolute atomic E-state index is 11.3. The predicted octanol–water partition coefficient (Wildman–Crippen LogP) is 1.93. The van der Waals surface area contributed by atoms with Crippen molar-refractivity contribution in [3.05, 3.63) is 32.5 Å². The Morgan fingerprint density at radius 1 is 1.67 bits per heavy atom. The summed E-state index contributed by atoms with van der Waals surface area (Å²) in [6, 6.07) is 0. The molecule has 0 N–H and O–H groups in total. The fourth-order valence-corrected chi connectivity index (χ4v) is 1.42. The summed E-state index contributed by atoms with van der Waals surface area (Å²) in [5, 5.41) is 10.5. The molecule has 1 heterocycles. The van der Waals surface area contributed by atoms with Gasteiger partial charge in [-0.15, -0.1) is 0 Å². The Balaban J connectivity index is 3.15. The monoisotopic (exact) mass is 274 g/mol. The van der Waals surface area contributed by atoms with E-state index < -0.39 is 10.9 Å². The first-order valence-corrected chi connectivity index (χ1v) is 4.82. The molecular formula is C8H7BrN2O4. The van der Waals surface area contributed by atoms with Crippen LogP contribution in [0.5, 0.6) is 0 Å². The number of hydrogen-bond acceptors (Lipinski definition) is 5. The lowest BCUT2D eigenvalue weighted by atomic mass is 10.3. The van der Waals surface area contributed by atoms with E-state index in [0.29, 0.717) is 0 Å². The standard InChI is InChI=1S/C8H7BrN2O4/c1-2-15-8(12)5-3-10-4-6(7(5)9)11(13)14/h3-4H,2H2,1H3. The number of ether oxygens (including phenoxy) is 1. The summed E-state index contributed by atoms with van der Waals surface area (Å²) in [5.41, 5.74) is -0.216. The van der Waals surface area contributed by atoms with E-state index in [2.05, 4.69) is 20.9 Å². The van der Waals surface area contributed by atoms with Gasteiger partial charge in [-0.2, -0.15) is 0 Å². The first kappa shape index (κ1) is 11.6. The van der Waals surface area contributed by atoms with Crippen LogP contribution in [-0.2, 0) is 4.74 Å². The molecule has 1 rings (SSSR count). The van der Waals surface area contributed by atoms with Gasteiger partial charge < -0.3 is 4.74 Å². The van der Waals surface area contributed by atoms with Crippen LogP contribution in [-0.4, -0.2) is 22.5 Å². The lowest BCUT2D eigenvalue weighted by Crippen LogP contribution is -2.07. The molecule has 0 fully saturated rings. The molecule has 6 nitrogen and oxygen atoms in total. The minimum atomic E-state index is -0.638. The van der Waals surface area contributed by atoms with Crippen molar-refractivity contribution in [1.82, 2.24) is 4.98 Å². The van der Waals surface area contributed by atoms with Crippen LogP contribution in [0, 0.1) is 10.1 Å². The smallest absolute Gasteiger partial charge is 0.341 e. The van der Waals surface area contributed by atoms with Crippen LogP contribution in [0.15, 0.2) is 16.9 Å². The molecule has 0 saturated heterocycles. The van der Waals surface area contributed by atoms with Crippen LogP contribution < -0.4 is 0 Å². The average Bonchev–Trinajstić information content (AvgIpc) is 2.17. The van der Waals surface area contributed by atoms with Crippen molar-refractivity contribution in [1.29, 1.82) is 0 Å². The van der Waals surface area contributed by atoms with Crippen molar-refractivity contribution >= 4 is 27.6 Å². The Hall–Kier alpha value is -1.50. The molecule has 0 atom stereocenters. The Bertz CT molecular complexity index is 408. The number of aromatic nitrogens is 1. The van der Waals surface area contributed by atoms with Gasteiger partial charge in [0, 0.05) is 6.20 Å². The van der Waals surface area contributed by atoms with Gasteiger partial charge in [0.05, 0.1) is 17.1 Å². The molecular weight excluding hydrogens is 268 g/mol. The number of carbonyl (C=O) groups is 1. The SMILES string of the molecule is CCOC(=O)c1cncc([N+](=O)[O-])c1Br. The summed E-state index contributed by atoms with van der Waals surface area (Å²) in [6.07, 6.45) is 2.28. The first-order valence-electron chi connectivity index (χ1n) is 4.03. The van der Waals surface area contributed by atoms with Gasteiger partial charge in [0.15, 0.2) is 0 Å². The molecule has 7 heteroatoms. The normalized spacial score (nSPS) is 9.73. The van der Waals surface area contributed by atoms with Crippen LogP contribution in [0.25, 0.3) is 0 Å². The van der Waals surface area contributed by atoms with E-state index in [4.69, 9.17) is 4.74 Å². The summed E-state index contributed by atoms with van der Waals surface area (Å²) in [5.74, 6) is -0.638. The van der Waals surface area contributed by atoms with Gasteiger partial charge in [-0.05, 0) is 22.9 Å². The minimum Gasteiger partial charge on any atom is -0.462 e. The molecule has 0 amide bonds. The number of nitro groups is 1. The molecule has 1 aromatic heterocycles. The molecule has 0 bridgehead atoms. The fourth-order valence-electron chi connectivity index (χ4n) is 0.912. The maximum atomic E-state index is 11.3. The molecule has 0 aromatic carbocycles. The number of halogens is 1. The first-order chi connectivity index (χ1) is 7.07. The maximum Gasteiger partial charge on any atom is 0.341 e. The number of carbonyl (C=O) groups excluding carboxylic acids is 1. The van der Waals surface area contributed by atoms with Crippen LogP contribution in [0.4, 0.5) is 5.69 Å². The van der Waals surface area contributed by atoms with Crippen molar-refractivity contribution in [2.75, 3.05) is 6.61 Å². The van der Waals surface area contributed by atoms with E-state index in [1.165, 1.54) is 6.20 Å². The third-order valence-corrected chi connectivity index (χ3v) is 2.39. The highest BCUT2D eigenvalue weighted by molar-refractivity contribution is 9.10. The van der Waals surface area contributed by atoms with Gasteiger partial charge in [0.25, 0.3) is 0 Å². The molecule has 0 spiro atoms. The Morgan fingerprint density at radius 2 is 2.33 bits per heavy atom. The highest BCUT2D eigenvalue weighted by atomic mass is 79.9. The number of esters is 1. The fraction of sp³-hybridized carbons (Fsp3) is 0.250. The second-order valence-corrected chi connectivity index (χ2v) is 3.29. The molecule has 0 saturated carbocycles. The molecule has 0 aliphatic carbocycles. The van der Waals surface area contributed by atoms with Gasteiger partial charge in [0.2, 0.25) is 0 Å². The summed E-state index contributed by atoms with van der Waals surface area (Å²) in [7, 11) is 0. The molecule has 0 radical (unpaired) electrons. The van der Waals surface area contributed by atoms with E-state index in [-0.39, 0.29) is 22.3 Å². The molecule has 0 unspecified atom stereocenters. The van der Waals surface area contributed by atoms with Crippen molar-refractivity contribution in [2.45, 2.75) is 6.92 Å². The highest BCUT2D eigenvalue weighted by Crippen LogP contribution is 2.27. The topological polar surface area (TPSA) is 82.3 Å². The van der Waals surface area contributed by atoms with Crippen LogP contribution in [0.2, 0.25) is 0 Å². The van der Waals surface area contributed by atoms with Crippen molar-refractivity contribution < 1.29 is 14.5 Å². The number of nitrogens with zero attached hydrogens (tertiary/aromatic N) is 2. The van der Waals surface area contributed by atoms with E-state index in [9.17, 15) is 14.9 Å². The summed E-state index contributed by atoms with van der Waals surface area (Å²) >= 11 is 2.97. The van der Waals surface area contributed by atoms with Crippen molar-refractivity contribution in [2.24, 2.45) is 0 Å². The van der Waals surface area contributed by atoms with E-state index >= 15 is 0 Å². The van der Waals surface area contributed by atoms with Gasteiger partial charge in [-0.3, -0.25) is 15.1 Å². The zero-order chi connectivity index (χ0) is 11.4. The summed E-state index contributed by atoms with van der Waals surface area (Å²) in [6.45, 7) is 1.85. The second kappa shape index (κ2) is 4.83. The largest absolute Gasteiger partial charge is 0.462 e. The third-order valence-electron chi connectivity index (χ3n) is 1.55. The summed E-state index contributed by atoms with van der Waals surface area (Å²) < 4.78 is 4.80. The van der Waals surface area contributed by atoms with Crippen LogP contribution in [0.1, 0.15) is 17.3 Å². The predicted molar refractivity (Wildman–Crippen MR) is 54.5 cm³/mol. The molecule has 15 heavy (non-hydrogen) atoms. The Morgan fingerprint density at radius 3 is 2.87 bits per heavy atom. The Labute approximate surface area is 93.5 Å². The number of hydrogen-bond donors (Lipinski definition) is 0. The number of rotatable bonds is 3.